The number of carbonyl (C=O) groups is 2. The minimum Gasteiger partial charge on any atom is -0.376 e. The zero-order valence-corrected chi connectivity index (χ0v) is 12.5. The van der Waals surface area contributed by atoms with Crippen LogP contribution >= 0.6 is 0 Å². The van der Waals surface area contributed by atoms with Crippen molar-refractivity contribution in [1.82, 2.24) is 10.2 Å². The quantitative estimate of drug-likeness (QED) is 0.836. The Balaban J connectivity index is 1.89. The molecule has 4 unspecified atom stereocenters. The molecule has 2 heterocycles. The van der Waals surface area contributed by atoms with Gasteiger partial charge in [0.2, 0.25) is 11.8 Å². The van der Waals surface area contributed by atoms with E-state index < -0.39 is 6.04 Å². The molecule has 0 aromatic carbocycles. The van der Waals surface area contributed by atoms with Gasteiger partial charge in [0, 0.05) is 6.61 Å². The first kappa shape index (κ1) is 13.9. The number of rotatable bonds is 3. The topological polar surface area (TPSA) is 58.6 Å². The average Bonchev–Trinajstić information content (AvgIpc) is 3.11. The van der Waals surface area contributed by atoms with E-state index >= 15 is 0 Å². The van der Waals surface area contributed by atoms with Gasteiger partial charge in [-0.05, 0) is 38.0 Å². The molecular formula is C15H24N2O3. The third kappa shape index (κ3) is 2.22. The van der Waals surface area contributed by atoms with E-state index in [0.717, 1.165) is 6.42 Å². The maximum absolute atomic E-state index is 12.6. The minimum absolute atomic E-state index is 0.0199. The molecule has 20 heavy (non-hydrogen) atoms. The maximum Gasteiger partial charge on any atom is 0.245 e. The summed E-state index contributed by atoms with van der Waals surface area (Å²) in [5.41, 5.74) is 0. The van der Waals surface area contributed by atoms with Crippen LogP contribution in [-0.2, 0) is 14.3 Å². The van der Waals surface area contributed by atoms with Crippen molar-refractivity contribution in [3.8, 4) is 0 Å². The second-order valence-corrected chi connectivity index (χ2v) is 6.69. The molecule has 5 heteroatoms. The number of hydrogen-bond donors (Lipinski definition) is 1. The molecule has 2 aliphatic heterocycles. The summed E-state index contributed by atoms with van der Waals surface area (Å²) < 4.78 is 5.86. The van der Waals surface area contributed by atoms with Crippen LogP contribution in [0.2, 0.25) is 0 Å². The molecule has 0 spiro atoms. The molecule has 0 aromatic heterocycles. The summed E-state index contributed by atoms with van der Waals surface area (Å²) in [6.45, 7) is 6.48. The van der Waals surface area contributed by atoms with Crippen molar-refractivity contribution < 1.29 is 14.3 Å². The van der Waals surface area contributed by atoms with Crippen molar-refractivity contribution in [3.05, 3.63) is 0 Å². The number of nitrogens with zero attached hydrogens (tertiary/aromatic N) is 1. The molecular weight excluding hydrogens is 256 g/mol. The second kappa shape index (κ2) is 5.02. The molecule has 0 radical (unpaired) electrons. The van der Waals surface area contributed by atoms with E-state index in [1.165, 1.54) is 12.8 Å². The van der Waals surface area contributed by atoms with Crippen molar-refractivity contribution in [2.24, 2.45) is 11.8 Å². The Kier molecular flexibility index (Phi) is 3.48. The smallest absolute Gasteiger partial charge is 0.245 e. The van der Waals surface area contributed by atoms with E-state index in [-0.39, 0.29) is 35.9 Å². The molecule has 3 aliphatic rings. The molecule has 4 atom stereocenters. The third-order valence-corrected chi connectivity index (χ3v) is 4.73. The first-order valence-corrected chi connectivity index (χ1v) is 7.75. The number of amides is 2. The Hall–Kier alpha value is -1.10. The molecule has 3 rings (SSSR count). The van der Waals surface area contributed by atoms with Crippen LogP contribution in [0.25, 0.3) is 0 Å². The van der Waals surface area contributed by atoms with E-state index in [4.69, 9.17) is 4.74 Å². The highest BCUT2D eigenvalue weighted by atomic mass is 16.5. The molecule has 3 fully saturated rings. The van der Waals surface area contributed by atoms with Crippen molar-refractivity contribution >= 4 is 11.8 Å². The Bertz CT molecular complexity index is 419. The van der Waals surface area contributed by atoms with E-state index in [1.807, 2.05) is 18.7 Å². The summed E-state index contributed by atoms with van der Waals surface area (Å²) in [4.78, 5) is 26.8. The SMILES string of the molecule is CC1NC(=O)C(C(C)C)N(C2CCOC2C2CC2)C1=O. The van der Waals surface area contributed by atoms with Gasteiger partial charge >= 0.3 is 0 Å². The summed E-state index contributed by atoms with van der Waals surface area (Å²) in [5, 5.41) is 2.80. The van der Waals surface area contributed by atoms with Crippen LogP contribution in [0.4, 0.5) is 0 Å². The largest absolute Gasteiger partial charge is 0.376 e. The first-order valence-electron chi connectivity index (χ1n) is 7.75. The highest BCUT2D eigenvalue weighted by Crippen LogP contribution is 2.41. The fourth-order valence-corrected chi connectivity index (χ4v) is 3.61. The number of carbonyl (C=O) groups excluding carboxylic acids is 2. The average molecular weight is 280 g/mol. The minimum atomic E-state index is -0.419. The van der Waals surface area contributed by atoms with Gasteiger partial charge in [0.15, 0.2) is 0 Å². The third-order valence-electron chi connectivity index (χ3n) is 4.73. The van der Waals surface area contributed by atoms with Crippen molar-refractivity contribution in [3.63, 3.8) is 0 Å². The van der Waals surface area contributed by atoms with Crippen LogP contribution in [0.3, 0.4) is 0 Å². The molecule has 1 aliphatic carbocycles. The first-order chi connectivity index (χ1) is 9.50. The number of piperazine rings is 1. The predicted octanol–water partition coefficient (Wildman–Crippen LogP) is 0.925. The van der Waals surface area contributed by atoms with Gasteiger partial charge in [-0.15, -0.1) is 0 Å². The summed E-state index contributed by atoms with van der Waals surface area (Å²) in [6.07, 6.45) is 3.38. The van der Waals surface area contributed by atoms with E-state index in [2.05, 4.69) is 5.32 Å². The summed E-state index contributed by atoms with van der Waals surface area (Å²) in [5.74, 6) is 0.730. The molecule has 2 amide bonds. The summed E-state index contributed by atoms with van der Waals surface area (Å²) in [7, 11) is 0. The van der Waals surface area contributed by atoms with Gasteiger partial charge in [-0.2, -0.15) is 0 Å². The van der Waals surface area contributed by atoms with Crippen molar-refractivity contribution in [2.45, 2.75) is 64.3 Å². The second-order valence-electron chi connectivity index (χ2n) is 6.69. The molecule has 2 saturated heterocycles. The molecule has 0 bridgehead atoms. The normalized spacial score (nSPS) is 38.5. The highest BCUT2D eigenvalue weighted by Gasteiger charge is 2.50. The van der Waals surface area contributed by atoms with Gasteiger partial charge in [0.1, 0.15) is 12.1 Å². The number of ether oxygens (including phenoxy) is 1. The fraction of sp³-hybridized carbons (Fsp3) is 0.867. The monoisotopic (exact) mass is 280 g/mol. The number of hydrogen-bond acceptors (Lipinski definition) is 3. The van der Waals surface area contributed by atoms with Gasteiger partial charge in [0.25, 0.3) is 0 Å². The van der Waals surface area contributed by atoms with Crippen molar-refractivity contribution in [2.75, 3.05) is 6.61 Å². The van der Waals surface area contributed by atoms with Gasteiger partial charge in [-0.1, -0.05) is 13.8 Å². The van der Waals surface area contributed by atoms with Crippen LogP contribution in [0.5, 0.6) is 0 Å². The lowest BCUT2D eigenvalue weighted by molar-refractivity contribution is -0.155. The lowest BCUT2D eigenvalue weighted by atomic mass is 9.92. The molecule has 0 aromatic rings. The number of nitrogens with one attached hydrogen (secondary N) is 1. The van der Waals surface area contributed by atoms with Crippen molar-refractivity contribution in [1.29, 1.82) is 0 Å². The predicted molar refractivity (Wildman–Crippen MR) is 73.9 cm³/mol. The van der Waals surface area contributed by atoms with Crippen LogP contribution in [-0.4, -0.2) is 47.6 Å². The van der Waals surface area contributed by atoms with Gasteiger partial charge in [0.05, 0.1) is 12.1 Å². The van der Waals surface area contributed by atoms with Crippen LogP contribution in [0.15, 0.2) is 0 Å². The van der Waals surface area contributed by atoms with Crippen LogP contribution < -0.4 is 5.32 Å². The zero-order valence-electron chi connectivity index (χ0n) is 12.5. The maximum atomic E-state index is 12.6. The van der Waals surface area contributed by atoms with Gasteiger partial charge in [-0.25, -0.2) is 0 Å². The van der Waals surface area contributed by atoms with Crippen LogP contribution in [0.1, 0.15) is 40.0 Å². The van der Waals surface area contributed by atoms with E-state index in [9.17, 15) is 9.59 Å². The zero-order chi connectivity index (χ0) is 14.4. The lowest BCUT2D eigenvalue weighted by Crippen LogP contribution is -2.67. The molecule has 1 N–H and O–H groups in total. The molecule has 112 valence electrons. The van der Waals surface area contributed by atoms with E-state index in [0.29, 0.717) is 12.5 Å². The molecule has 1 saturated carbocycles. The highest BCUT2D eigenvalue weighted by molar-refractivity contribution is 5.97. The van der Waals surface area contributed by atoms with Gasteiger partial charge < -0.3 is 15.0 Å². The Morgan fingerprint density at radius 3 is 2.55 bits per heavy atom. The standard InChI is InChI=1S/C15H24N2O3/c1-8(2)12-14(18)16-9(3)15(19)17(12)11-6-7-20-13(11)10-4-5-10/h8-13H,4-7H2,1-3H3,(H,16,18). The summed E-state index contributed by atoms with van der Waals surface area (Å²) in [6, 6.07) is -0.694. The lowest BCUT2D eigenvalue weighted by Gasteiger charge is -2.44. The van der Waals surface area contributed by atoms with Crippen LogP contribution in [0, 0.1) is 11.8 Å². The Morgan fingerprint density at radius 2 is 1.95 bits per heavy atom. The Morgan fingerprint density at radius 1 is 1.25 bits per heavy atom. The summed E-state index contributed by atoms with van der Waals surface area (Å²) >= 11 is 0. The van der Waals surface area contributed by atoms with Gasteiger partial charge in [-0.3, -0.25) is 9.59 Å². The Labute approximate surface area is 120 Å². The fourth-order valence-electron chi connectivity index (χ4n) is 3.61. The molecule has 5 nitrogen and oxygen atoms in total. The van der Waals surface area contributed by atoms with E-state index in [1.54, 1.807) is 6.92 Å².